The van der Waals surface area contributed by atoms with E-state index in [0.717, 1.165) is 22.8 Å². The van der Waals surface area contributed by atoms with Gasteiger partial charge in [0.2, 0.25) is 0 Å². The summed E-state index contributed by atoms with van der Waals surface area (Å²) in [6.45, 7) is 4.40. The lowest BCUT2D eigenvalue weighted by Gasteiger charge is -2.28. The highest BCUT2D eigenvalue weighted by Gasteiger charge is 2.13. The Morgan fingerprint density at radius 3 is 2.42 bits per heavy atom. The summed E-state index contributed by atoms with van der Waals surface area (Å²) in [7, 11) is 2.11. The first-order valence-corrected chi connectivity index (χ1v) is 6.65. The fraction of sp³-hybridized carbons (Fsp3) is 0.312. The molecule has 0 saturated heterocycles. The van der Waals surface area contributed by atoms with E-state index in [1.807, 2.05) is 24.3 Å². The van der Waals surface area contributed by atoms with E-state index in [9.17, 15) is 0 Å². The zero-order chi connectivity index (χ0) is 14.0. The van der Waals surface area contributed by atoms with E-state index in [0.29, 0.717) is 6.04 Å². The molecule has 0 bridgehead atoms. The third kappa shape index (κ3) is 2.41. The molecule has 3 heteroatoms. The van der Waals surface area contributed by atoms with Gasteiger partial charge in [-0.1, -0.05) is 31.2 Å². The molecule has 0 aromatic heterocycles. The van der Waals surface area contributed by atoms with Crippen molar-refractivity contribution >= 4 is 22.3 Å². The van der Waals surface area contributed by atoms with Crippen LogP contribution < -0.4 is 10.6 Å². The number of benzene rings is 2. The van der Waals surface area contributed by atoms with Crippen LogP contribution >= 0.6 is 0 Å². The first-order chi connectivity index (χ1) is 9.06. The van der Waals surface area contributed by atoms with Crippen LogP contribution in [0.25, 0.3) is 10.8 Å². The monoisotopic (exact) mass is 255 g/mol. The first-order valence-electron chi connectivity index (χ1n) is 6.65. The maximum absolute atomic E-state index is 7.68. The van der Waals surface area contributed by atoms with Crippen molar-refractivity contribution in [2.75, 3.05) is 11.9 Å². The number of amidine groups is 1. The van der Waals surface area contributed by atoms with Crippen LogP contribution in [-0.4, -0.2) is 18.9 Å². The van der Waals surface area contributed by atoms with E-state index in [1.54, 1.807) is 0 Å². The summed E-state index contributed by atoms with van der Waals surface area (Å²) in [5, 5.41) is 9.88. The van der Waals surface area contributed by atoms with Gasteiger partial charge >= 0.3 is 0 Å². The molecule has 3 N–H and O–H groups in total. The highest BCUT2D eigenvalue weighted by Crippen LogP contribution is 2.30. The average Bonchev–Trinajstić information content (AvgIpc) is 2.44. The van der Waals surface area contributed by atoms with Gasteiger partial charge in [0, 0.05) is 29.7 Å². The van der Waals surface area contributed by atoms with Gasteiger partial charge in [-0.3, -0.25) is 5.41 Å². The second-order valence-electron chi connectivity index (χ2n) is 4.96. The Balaban J connectivity index is 2.65. The average molecular weight is 255 g/mol. The molecule has 0 aliphatic rings. The molecule has 0 fully saturated rings. The van der Waals surface area contributed by atoms with Crippen molar-refractivity contribution in [3.8, 4) is 0 Å². The van der Waals surface area contributed by atoms with Crippen LogP contribution in [0.4, 0.5) is 5.69 Å². The van der Waals surface area contributed by atoms with Gasteiger partial charge in [-0.15, -0.1) is 0 Å². The molecule has 0 heterocycles. The topological polar surface area (TPSA) is 53.1 Å². The number of nitrogens with zero attached hydrogens (tertiary/aromatic N) is 1. The molecular weight excluding hydrogens is 234 g/mol. The van der Waals surface area contributed by atoms with Gasteiger partial charge in [0.05, 0.1) is 0 Å². The Bertz CT molecular complexity index is 604. The Kier molecular flexibility index (Phi) is 3.74. The summed E-state index contributed by atoms with van der Waals surface area (Å²) in [6.07, 6.45) is 1.10. The summed E-state index contributed by atoms with van der Waals surface area (Å²) in [6, 6.07) is 12.6. The predicted octanol–water partition coefficient (Wildman–Crippen LogP) is 3.36. The Hall–Kier alpha value is -2.03. The SMILES string of the molecule is CCC(C)N(C)c1ccc(C(=N)N)c2ccccc12. The lowest BCUT2D eigenvalue weighted by molar-refractivity contribution is 0.665. The highest BCUT2D eigenvalue weighted by atomic mass is 15.1. The number of anilines is 1. The molecule has 0 aliphatic carbocycles. The van der Waals surface area contributed by atoms with Crippen LogP contribution in [0, 0.1) is 5.41 Å². The number of fused-ring (bicyclic) bond motifs is 1. The zero-order valence-corrected chi connectivity index (χ0v) is 11.8. The summed E-state index contributed by atoms with van der Waals surface area (Å²) >= 11 is 0. The van der Waals surface area contributed by atoms with E-state index in [4.69, 9.17) is 11.1 Å². The Labute approximate surface area is 114 Å². The van der Waals surface area contributed by atoms with Gasteiger partial charge in [-0.2, -0.15) is 0 Å². The molecule has 2 aromatic carbocycles. The van der Waals surface area contributed by atoms with Crippen molar-refractivity contribution in [3.63, 3.8) is 0 Å². The molecule has 1 atom stereocenters. The van der Waals surface area contributed by atoms with Crippen molar-refractivity contribution in [2.24, 2.45) is 5.73 Å². The van der Waals surface area contributed by atoms with E-state index in [1.165, 1.54) is 5.69 Å². The third-order valence-corrected chi connectivity index (χ3v) is 3.82. The smallest absolute Gasteiger partial charge is 0.123 e. The number of nitrogens with two attached hydrogens (primary N) is 1. The second kappa shape index (κ2) is 5.31. The van der Waals surface area contributed by atoms with Gasteiger partial charge in [-0.25, -0.2) is 0 Å². The molecule has 2 rings (SSSR count). The minimum atomic E-state index is 0.119. The van der Waals surface area contributed by atoms with Crippen molar-refractivity contribution in [3.05, 3.63) is 42.0 Å². The van der Waals surface area contributed by atoms with Crippen LogP contribution in [0.3, 0.4) is 0 Å². The van der Waals surface area contributed by atoms with Gasteiger partial charge in [-0.05, 0) is 30.9 Å². The normalized spacial score (nSPS) is 12.4. The molecule has 0 saturated carbocycles. The largest absolute Gasteiger partial charge is 0.384 e. The van der Waals surface area contributed by atoms with Crippen molar-refractivity contribution in [1.29, 1.82) is 5.41 Å². The van der Waals surface area contributed by atoms with Gasteiger partial charge in [0.1, 0.15) is 5.84 Å². The van der Waals surface area contributed by atoms with Crippen LogP contribution in [0.15, 0.2) is 36.4 Å². The molecule has 0 aliphatic heterocycles. The van der Waals surface area contributed by atoms with E-state index in [-0.39, 0.29) is 5.84 Å². The summed E-state index contributed by atoms with van der Waals surface area (Å²) < 4.78 is 0. The van der Waals surface area contributed by atoms with Gasteiger partial charge < -0.3 is 10.6 Å². The standard InChI is InChI=1S/C16H21N3/c1-4-11(2)19(3)15-10-9-14(16(17)18)12-7-5-6-8-13(12)15/h5-11H,4H2,1-3H3,(H3,17,18). The highest BCUT2D eigenvalue weighted by molar-refractivity contribution is 6.10. The molecule has 19 heavy (non-hydrogen) atoms. The fourth-order valence-electron chi connectivity index (χ4n) is 2.34. The summed E-state index contributed by atoms with van der Waals surface area (Å²) in [5.74, 6) is 0.119. The molecule has 2 aromatic rings. The molecule has 1 unspecified atom stereocenters. The first kappa shape index (κ1) is 13.4. The molecule has 3 nitrogen and oxygen atoms in total. The molecule has 0 radical (unpaired) electrons. The Morgan fingerprint density at radius 1 is 1.21 bits per heavy atom. The van der Waals surface area contributed by atoms with Crippen LogP contribution in [0.1, 0.15) is 25.8 Å². The summed E-state index contributed by atoms with van der Waals surface area (Å²) in [5.41, 5.74) is 7.65. The molecule has 0 amide bonds. The summed E-state index contributed by atoms with van der Waals surface area (Å²) in [4.78, 5) is 2.28. The second-order valence-corrected chi connectivity index (χ2v) is 4.96. The number of nitrogen functional groups attached to an aromatic ring is 1. The molecular formula is C16H21N3. The van der Waals surface area contributed by atoms with E-state index in [2.05, 4.69) is 37.9 Å². The lowest BCUT2D eigenvalue weighted by atomic mass is 10.0. The van der Waals surface area contributed by atoms with Gasteiger partial charge in [0.15, 0.2) is 0 Å². The number of rotatable bonds is 4. The van der Waals surface area contributed by atoms with Crippen LogP contribution in [0.5, 0.6) is 0 Å². The zero-order valence-electron chi connectivity index (χ0n) is 11.8. The fourth-order valence-corrected chi connectivity index (χ4v) is 2.34. The maximum Gasteiger partial charge on any atom is 0.123 e. The van der Waals surface area contributed by atoms with E-state index >= 15 is 0 Å². The van der Waals surface area contributed by atoms with Crippen LogP contribution in [-0.2, 0) is 0 Å². The quantitative estimate of drug-likeness (QED) is 0.650. The van der Waals surface area contributed by atoms with E-state index < -0.39 is 0 Å². The molecule has 0 spiro atoms. The minimum absolute atomic E-state index is 0.119. The van der Waals surface area contributed by atoms with Gasteiger partial charge in [0.25, 0.3) is 0 Å². The maximum atomic E-state index is 7.68. The Morgan fingerprint density at radius 2 is 1.84 bits per heavy atom. The molecule has 100 valence electrons. The number of hydrogen-bond acceptors (Lipinski definition) is 2. The van der Waals surface area contributed by atoms with Crippen molar-refractivity contribution < 1.29 is 0 Å². The van der Waals surface area contributed by atoms with Crippen LogP contribution in [0.2, 0.25) is 0 Å². The van der Waals surface area contributed by atoms with Crippen molar-refractivity contribution in [2.45, 2.75) is 26.3 Å². The minimum Gasteiger partial charge on any atom is -0.384 e. The number of nitrogens with one attached hydrogen (secondary N) is 1. The number of hydrogen-bond donors (Lipinski definition) is 2. The predicted molar refractivity (Wildman–Crippen MR) is 83.1 cm³/mol. The van der Waals surface area contributed by atoms with Crippen molar-refractivity contribution in [1.82, 2.24) is 0 Å². The lowest BCUT2D eigenvalue weighted by Crippen LogP contribution is -2.28. The third-order valence-electron chi connectivity index (χ3n) is 3.82.